The zero-order valence-electron chi connectivity index (χ0n) is 17.1. The van der Waals surface area contributed by atoms with Gasteiger partial charge < -0.3 is 15.4 Å². The molecule has 5 nitrogen and oxygen atoms in total. The van der Waals surface area contributed by atoms with Crippen LogP contribution in [0.4, 0.5) is 5.69 Å². The molecule has 4 rings (SSSR count). The second kappa shape index (κ2) is 9.87. The molecule has 0 radical (unpaired) electrons. The fraction of sp³-hybridized carbons (Fsp3) is 0.154. The second-order valence-electron chi connectivity index (χ2n) is 7.33. The standard InChI is InChI=1S/C26H24N2O3/c29-25(15-10-19-6-2-1-3-7-19)28-22-13-11-21(12-14-22)26(30)27-18-24-23-9-5-4-8-20(23)16-17-31-24/h1-15,24H,16-18H2,(H,27,30)(H,28,29)/b15-10+. The molecule has 31 heavy (non-hydrogen) atoms. The number of amides is 2. The molecule has 0 saturated heterocycles. The van der Waals surface area contributed by atoms with Crippen molar-refractivity contribution >= 4 is 23.6 Å². The Morgan fingerprint density at radius 2 is 1.68 bits per heavy atom. The first-order valence-corrected chi connectivity index (χ1v) is 10.3. The molecule has 0 spiro atoms. The van der Waals surface area contributed by atoms with Gasteiger partial charge in [-0.1, -0.05) is 54.6 Å². The number of hydrogen-bond donors (Lipinski definition) is 2. The second-order valence-corrected chi connectivity index (χ2v) is 7.33. The SMILES string of the molecule is O=C(/C=C/c1ccccc1)Nc1ccc(C(=O)NCC2OCCc3ccccc32)cc1. The van der Waals surface area contributed by atoms with Gasteiger partial charge in [-0.2, -0.15) is 0 Å². The van der Waals surface area contributed by atoms with Crippen LogP contribution in [-0.4, -0.2) is 25.0 Å². The van der Waals surface area contributed by atoms with E-state index < -0.39 is 0 Å². The van der Waals surface area contributed by atoms with Gasteiger partial charge in [-0.05, 0) is 53.5 Å². The highest BCUT2D eigenvalue weighted by molar-refractivity contribution is 6.02. The van der Waals surface area contributed by atoms with Gasteiger partial charge >= 0.3 is 0 Å². The van der Waals surface area contributed by atoms with Gasteiger partial charge in [0, 0.05) is 23.9 Å². The van der Waals surface area contributed by atoms with Gasteiger partial charge in [-0.15, -0.1) is 0 Å². The van der Waals surface area contributed by atoms with E-state index in [-0.39, 0.29) is 17.9 Å². The molecule has 1 heterocycles. The molecule has 3 aromatic carbocycles. The maximum atomic E-state index is 12.5. The van der Waals surface area contributed by atoms with E-state index in [0.29, 0.717) is 24.4 Å². The summed E-state index contributed by atoms with van der Waals surface area (Å²) in [4.78, 5) is 24.6. The lowest BCUT2D eigenvalue weighted by molar-refractivity contribution is -0.111. The number of rotatable bonds is 6. The van der Waals surface area contributed by atoms with Crippen molar-refractivity contribution < 1.29 is 14.3 Å². The molecule has 5 heteroatoms. The smallest absolute Gasteiger partial charge is 0.251 e. The van der Waals surface area contributed by atoms with Crippen LogP contribution in [0, 0.1) is 0 Å². The Balaban J connectivity index is 1.30. The summed E-state index contributed by atoms with van der Waals surface area (Å²) in [5.41, 5.74) is 4.52. The van der Waals surface area contributed by atoms with Gasteiger partial charge in [-0.3, -0.25) is 9.59 Å². The van der Waals surface area contributed by atoms with Crippen molar-refractivity contribution in [2.24, 2.45) is 0 Å². The summed E-state index contributed by atoms with van der Waals surface area (Å²) in [6.45, 7) is 1.07. The number of anilines is 1. The molecule has 1 aliphatic rings. The highest BCUT2D eigenvalue weighted by atomic mass is 16.5. The van der Waals surface area contributed by atoms with Crippen LogP contribution in [-0.2, 0) is 16.0 Å². The molecule has 156 valence electrons. The number of benzene rings is 3. The third-order valence-corrected chi connectivity index (χ3v) is 5.18. The lowest BCUT2D eigenvalue weighted by Crippen LogP contribution is -2.31. The summed E-state index contributed by atoms with van der Waals surface area (Å²) in [7, 11) is 0. The maximum Gasteiger partial charge on any atom is 0.251 e. The van der Waals surface area contributed by atoms with Gasteiger partial charge in [0.05, 0.1) is 6.61 Å². The van der Waals surface area contributed by atoms with E-state index in [1.165, 1.54) is 11.6 Å². The first kappa shape index (κ1) is 20.6. The van der Waals surface area contributed by atoms with Gasteiger partial charge in [0.2, 0.25) is 5.91 Å². The Bertz CT molecular complexity index is 1080. The average Bonchev–Trinajstić information content (AvgIpc) is 2.82. The third kappa shape index (κ3) is 5.47. The Morgan fingerprint density at radius 1 is 0.935 bits per heavy atom. The molecule has 0 bridgehead atoms. The summed E-state index contributed by atoms with van der Waals surface area (Å²) >= 11 is 0. The van der Waals surface area contributed by atoms with E-state index in [2.05, 4.69) is 22.8 Å². The van der Waals surface area contributed by atoms with Crippen molar-refractivity contribution in [1.29, 1.82) is 0 Å². The Hall–Kier alpha value is -3.70. The molecular weight excluding hydrogens is 388 g/mol. The summed E-state index contributed by atoms with van der Waals surface area (Å²) in [5, 5.41) is 5.74. The Morgan fingerprint density at radius 3 is 2.48 bits per heavy atom. The molecule has 3 aromatic rings. The Kier molecular flexibility index (Phi) is 6.55. The minimum Gasteiger partial charge on any atom is -0.371 e. The van der Waals surface area contributed by atoms with Crippen molar-refractivity contribution in [2.45, 2.75) is 12.5 Å². The molecule has 1 aliphatic heterocycles. The third-order valence-electron chi connectivity index (χ3n) is 5.18. The number of carbonyl (C=O) groups excluding carboxylic acids is 2. The predicted molar refractivity (Wildman–Crippen MR) is 122 cm³/mol. The minimum atomic E-state index is -0.228. The predicted octanol–water partition coefficient (Wildman–Crippen LogP) is 4.38. The normalized spacial score (nSPS) is 15.3. The van der Waals surface area contributed by atoms with Crippen LogP contribution in [0.5, 0.6) is 0 Å². The monoisotopic (exact) mass is 412 g/mol. The van der Waals surface area contributed by atoms with Crippen molar-refractivity contribution in [3.63, 3.8) is 0 Å². The fourth-order valence-corrected chi connectivity index (χ4v) is 3.56. The van der Waals surface area contributed by atoms with Gasteiger partial charge in [0.15, 0.2) is 0 Å². The van der Waals surface area contributed by atoms with Crippen LogP contribution in [0.25, 0.3) is 6.08 Å². The van der Waals surface area contributed by atoms with Crippen LogP contribution in [0.2, 0.25) is 0 Å². The molecule has 0 aliphatic carbocycles. The van der Waals surface area contributed by atoms with E-state index in [1.54, 1.807) is 30.3 Å². The number of nitrogens with one attached hydrogen (secondary N) is 2. The first-order valence-electron chi connectivity index (χ1n) is 10.3. The molecule has 1 atom stereocenters. The number of hydrogen-bond acceptors (Lipinski definition) is 3. The van der Waals surface area contributed by atoms with Crippen LogP contribution < -0.4 is 10.6 Å². The number of carbonyl (C=O) groups is 2. The molecular formula is C26H24N2O3. The maximum absolute atomic E-state index is 12.5. The van der Waals surface area contributed by atoms with Crippen LogP contribution in [0.1, 0.15) is 33.2 Å². The van der Waals surface area contributed by atoms with E-state index in [4.69, 9.17) is 4.74 Å². The van der Waals surface area contributed by atoms with Crippen molar-refractivity contribution in [2.75, 3.05) is 18.5 Å². The highest BCUT2D eigenvalue weighted by Crippen LogP contribution is 2.26. The highest BCUT2D eigenvalue weighted by Gasteiger charge is 2.21. The van der Waals surface area contributed by atoms with Gasteiger partial charge in [-0.25, -0.2) is 0 Å². The zero-order valence-corrected chi connectivity index (χ0v) is 17.1. The number of ether oxygens (including phenoxy) is 1. The minimum absolute atomic E-state index is 0.135. The van der Waals surface area contributed by atoms with E-state index in [9.17, 15) is 9.59 Å². The fourth-order valence-electron chi connectivity index (χ4n) is 3.56. The van der Waals surface area contributed by atoms with E-state index in [0.717, 1.165) is 17.5 Å². The lowest BCUT2D eigenvalue weighted by Gasteiger charge is -2.26. The topological polar surface area (TPSA) is 67.4 Å². The van der Waals surface area contributed by atoms with Crippen LogP contribution in [0.15, 0.2) is 84.9 Å². The van der Waals surface area contributed by atoms with E-state index in [1.807, 2.05) is 42.5 Å². The summed E-state index contributed by atoms with van der Waals surface area (Å²) in [6, 6.07) is 24.6. The van der Waals surface area contributed by atoms with Crippen LogP contribution in [0.3, 0.4) is 0 Å². The summed E-state index contributed by atoms with van der Waals surface area (Å²) in [5.74, 6) is -0.400. The quantitative estimate of drug-likeness (QED) is 0.591. The van der Waals surface area contributed by atoms with E-state index >= 15 is 0 Å². The Labute approximate surface area is 181 Å². The molecule has 2 N–H and O–H groups in total. The largest absolute Gasteiger partial charge is 0.371 e. The molecule has 0 aromatic heterocycles. The van der Waals surface area contributed by atoms with Crippen molar-refractivity contribution in [1.82, 2.24) is 5.32 Å². The average molecular weight is 412 g/mol. The van der Waals surface area contributed by atoms with Crippen molar-refractivity contribution in [3.8, 4) is 0 Å². The zero-order chi connectivity index (χ0) is 21.5. The molecule has 2 amide bonds. The molecule has 0 saturated carbocycles. The summed E-state index contributed by atoms with van der Waals surface area (Å²) in [6.07, 6.45) is 4.00. The summed E-state index contributed by atoms with van der Waals surface area (Å²) < 4.78 is 5.84. The molecule has 1 unspecified atom stereocenters. The molecule has 0 fully saturated rings. The first-order chi connectivity index (χ1) is 15.2. The van der Waals surface area contributed by atoms with Gasteiger partial charge in [0.25, 0.3) is 5.91 Å². The van der Waals surface area contributed by atoms with Gasteiger partial charge in [0.1, 0.15) is 6.10 Å². The van der Waals surface area contributed by atoms with Crippen molar-refractivity contribution in [3.05, 3.63) is 107 Å². The number of fused-ring (bicyclic) bond motifs is 1. The van der Waals surface area contributed by atoms with Crippen LogP contribution >= 0.6 is 0 Å². The lowest BCUT2D eigenvalue weighted by atomic mass is 9.97.